The molecular formula is C20H25N5O3S. The lowest BCUT2D eigenvalue weighted by Crippen LogP contribution is -2.31. The van der Waals surface area contributed by atoms with Gasteiger partial charge in [-0.25, -0.2) is 13.1 Å². The van der Waals surface area contributed by atoms with Gasteiger partial charge in [-0.05, 0) is 35.2 Å². The van der Waals surface area contributed by atoms with E-state index in [1.165, 1.54) is 0 Å². The zero-order valence-electron chi connectivity index (χ0n) is 16.7. The van der Waals surface area contributed by atoms with Crippen molar-refractivity contribution in [1.82, 2.24) is 24.6 Å². The molecule has 0 aliphatic heterocycles. The molecule has 8 nitrogen and oxygen atoms in total. The summed E-state index contributed by atoms with van der Waals surface area (Å²) in [5.74, 6) is 0.330. The quantitative estimate of drug-likeness (QED) is 0.614. The Morgan fingerprint density at radius 3 is 2.48 bits per heavy atom. The van der Waals surface area contributed by atoms with Crippen LogP contribution in [0.15, 0.2) is 53.6 Å². The average molecular weight is 416 g/mol. The molecule has 154 valence electrons. The maximum absolute atomic E-state index is 12.4. The summed E-state index contributed by atoms with van der Waals surface area (Å²) >= 11 is 0. The first-order valence-electron chi connectivity index (χ1n) is 9.32. The monoisotopic (exact) mass is 415 g/mol. The Hall–Kier alpha value is -2.78. The van der Waals surface area contributed by atoms with E-state index in [-0.39, 0.29) is 35.7 Å². The summed E-state index contributed by atoms with van der Waals surface area (Å²) in [5.41, 5.74) is 1.70. The van der Waals surface area contributed by atoms with E-state index < -0.39 is 10.0 Å². The molecule has 0 unspecified atom stereocenters. The van der Waals surface area contributed by atoms with Crippen LogP contribution in [-0.4, -0.2) is 35.5 Å². The van der Waals surface area contributed by atoms with Gasteiger partial charge in [-0.2, -0.15) is 0 Å². The van der Waals surface area contributed by atoms with Gasteiger partial charge in [0.15, 0.2) is 11.5 Å². The van der Waals surface area contributed by atoms with E-state index in [1.54, 1.807) is 16.5 Å². The van der Waals surface area contributed by atoms with E-state index >= 15 is 0 Å². The SMILES string of the molecule is CC(C)(C)c1ccc(S(=O)(=O)NCCC(=O)NCc2nnc3ccccn23)cc1. The maximum atomic E-state index is 12.4. The topological polar surface area (TPSA) is 105 Å². The molecule has 0 bridgehead atoms. The fraction of sp³-hybridized carbons (Fsp3) is 0.350. The highest BCUT2D eigenvalue weighted by atomic mass is 32.2. The second kappa shape index (κ2) is 8.30. The Balaban J connectivity index is 1.50. The molecule has 2 heterocycles. The lowest BCUT2D eigenvalue weighted by Gasteiger charge is -2.19. The lowest BCUT2D eigenvalue weighted by atomic mass is 9.87. The van der Waals surface area contributed by atoms with Crippen molar-refractivity contribution >= 4 is 21.6 Å². The molecule has 0 aliphatic carbocycles. The Morgan fingerprint density at radius 1 is 1.07 bits per heavy atom. The number of nitrogens with zero attached hydrogens (tertiary/aromatic N) is 3. The molecule has 0 spiro atoms. The number of carbonyl (C=O) groups excluding carboxylic acids is 1. The standard InChI is InChI=1S/C20H25N5O3S/c1-20(2,3)15-7-9-16(10-8-15)29(27,28)22-12-11-19(26)21-14-18-24-23-17-6-4-5-13-25(17)18/h4-10,13,22H,11-12,14H2,1-3H3,(H,21,26). The molecule has 2 N–H and O–H groups in total. The largest absolute Gasteiger partial charge is 0.349 e. The van der Waals surface area contributed by atoms with Crippen molar-refractivity contribution in [3.05, 3.63) is 60.0 Å². The summed E-state index contributed by atoms with van der Waals surface area (Å²) in [6, 6.07) is 12.3. The Bertz CT molecular complexity index is 1100. The van der Waals surface area contributed by atoms with Crippen LogP contribution in [0.1, 0.15) is 38.6 Å². The molecule has 2 aromatic heterocycles. The number of hydrogen-bond donors (Lipinski definition) is 2. The molecule has 3 rings (SSSR count). The number of sulfonamides is 1. The number of pyridine rings is 1. The van der Waals surface area contributed by atoms with Gasteiger partial charge < -0.3 is 5.32 Å². The van der Waals surface area contributed by atoms with Crippen LogP contribution in [0, 0.1) is 0 Å². The molecule has 0 aliphatic rings. The van der Waals surface area contributed by atoms with Crippen molar-refractivity contribution in [3.8, 4) is 0 Å². The third kappa shape index (κ3) is 5.18. The number of amides is 1. The van der Waals surface area contributed by atoms with E-state index in [2.05, 4.69) is 41.0 Å². The fourth-order valence-corrected chi connectivity index (χ4v) is 3.83. The third-order valence-electron chi connectivity index (χ3n) is 4.50. The Morgan fingerprint density at radius 2 is 1.79 bits per heavy atom. The summed E-state index contributed by atoms with van der Waals surface area (Å²) in [6.07, 6.45) is 1.84. The van der Waals surface area contributed by atoms with Gasteiger partial charge >= 0.3 is 0 Å². The molecule has 1 amide bonds. The van der Waals surface area contributed by atoms with Gasteiger partial charge in [-0.1, -0.05) is 39.0 Å². The van der Waals surface area contributed by atoms with Crippen molar-refractivity contribution in [2.24, 2.45) is 0 Å². The van der Waals surface area contributed by atoms with Crippen LogP contribution in [0.25, 0.3) is 5.65 Å². The lowest BCUT2D eigenvalue weighted by molar-refractivity contribution is -0.121. The highest BCUT2D eigenvalue weighted by Gasteiger charge is 2.17. The highest BCUT2D eigenvalue weighted by Crippen LogP contribution is 2.23. The highest BCUT2D eigenvalue weighted by molar-refractivity contribution is 7.89. The van der Waals surface area contributed by atoms with Crippen LogP contribution < -0.4 is 10.0 Å². The van der Waals surface area contributed by atoms with Crippen molar-refractivity contribution in [2.45, 2.75) is 44.0 Å². The van der Waals surface area contributed by atoms with Crippen LogP contribution >= 0.6 is 0 Å². The first-order chi connectivity index (χ1) is 13.7. The summed E-state index contributed by atoms with van der Waals surface area (Å²) in [6.45, 7) is 6.42. The molecule has 0 saturated heterocycles. The number of benzene rings is 1. The molecule has 9 heteroatoms. The number of fused-ring (bicyclic) bond motifs is 1. The van der Waals surface area contributed by atoms with Crippen molar-refractivity contribution in [2.75, 3.05) is 6.54 Å². The van der Waals surface area contributed by atoms with Gasteiger partial charge in [-0.3, -0.25) is 9.20 Å². The van der Waals surface area contributed by atoms with Crippen LogP contribution in [-0.2, 0) is 26.8 Å². The zero-order chi connectivity index (χ0) is 21.1. The summed E-state index contributed by atoms with van der Waals surface area (Å²) in [7, 11) is -3.66. The Kier molecular flexibility index (Phi) is 5.99. The number of aromatic nitrogens is 3. The smallest absolute Gasteiger partial charge is 0.240 e. The molecular weight excluding hydrogens is 390 g/mol. The predicted molar refractivity (Wildman–Crippen MR) is 110 cm³/mol. The first kappa shape index (κ1) is 20.9. The minimum absolute atomic E-state index is 0.00969. The average Bonchev–Trinajstić information content (AvgIpc) is 3.09. The molecule has 0 saturated carbocycles. The van der Waals surface area contributed by atoms with Crippen LogP contribution in [0.4, 0.5) is 0 Å². The van der Waals surface area contributed by atoms with Crippen LogP contribution in [0.2, 0.25) is 0 Å². The van der Waals surface area contributed by atoms with E-state index in [9.17, 15) is 13.2 Å². The van der Waals surface area contributed by atoms with Gasteiger partial charge in [0.25, 0.3) is 0 Å². The fourth-order valence-electron chi connectivity index (χ4n) is 2.79. The minimum atomic E-state index is -3.66. The van der Waals surface area contributed by atoms with Crippen LogP contribution in [0.3, 0.4) is 0 Å². The van der Waals surface area contributed by atoms with Crippen molar-refractivity contribution < 1.29 is 13.2 Å². The van der Waals surface area contributed by atoms with Gasteiger partial charge in [0, 0.05) is 19.2 Å². The first-order valence-corrected chi connectivity index (χ1v) is 10.8. The van der Waals surface area contributed by atoms with Gasteiger partial charge in [0.1, 0.15) is 0 Å². The Labute approximate surface area is 170 Å². The number of carbonyl (C=O) groups is 1. The van der Waals surface area contributed by atoms with E-state index in [4.69, 9.17) is 0 Å². The summed E-state index contributed by atoms with van der Waals surface area (Å²) < 4.78 is 29.1. The third-order valence-corrected chi connectivity index (χ3v) is 5.98. The van der Waals surface area contributed by atoms with E-state index in [1.807, 2.05) is 36.5 Å². The number of rotatable bonds is 7. The zero-order valence-corrected chi connectivity index (χ0v) is 17.5. The van der Waals surface area contributed by atoms with Crippen molar-refractivity contribution in [1.29, 1.82) is 0 Å². The summed E-state index contributed by atoms with van der Waals surface area (Å²) in [4.78, 5) is 12.2. The normalized spacial score (nSPS) is 12.2. The van der Waals surface area contributed by atoms with Crippen LogP contribution in [0.5, 0.6) is 0 Å². The predicted octanol–water partition coefficient (Wildman–Crippen LogP) is 2.01. The van der Waals surface area contributed by atoms with Crippen molar-refractivity contribution in [3.63, 3.8) is 0 Å². The molecule has 29 heavy (non-hydrogen) atoms. The number of hydrogen-bond acceptors (Lipinski definition) is 5. The van der Waals surface area contributed by atoms with Gasteiger partial charge in [0.05, 0.1) is 11.4 Å². The van der Waals surface area contributed by atoms with E-state index in [0.29, 0.717) is 11.5 Å². The number of nitrogens with one attached hydrogen (secondary N) is 2. The minimum Gasteiger partial charge on any atom is -0.349 e. The molecule has 0 fully saturated rings. The second-order valence-electron chi connectivity index (χ2n) is 7.74. The maximum Gasteiger partial charge on any atom is 0.240 e. The molecule has 0 radical (unpaired) electrons. The van der Waals surface area contributed by atoms with Gasteiger partial charge in [-0.15, -0.1) is 10.2 Å². The van der Waals surface area contributed by atoms with Gasteiger partial charge in [0.2, 0.25) is 15.9 Å². The summed E-state index contributed by atoms with van der Waals surface area (Å²) in [5, 5.41) is 10.8. The molecule has 3 aromatic rings. The molecule has 0 atom stereocenters. The molecule has 1 aromatic carbocycles. The second-order valence-corrected chi connectivity index (χ2v) is 9.51. The van der Waals surface area contributed by atoms with E-state index in [0.717, 1.165) is 5.56 Å².